The first-order valence-corrected chi connectivity index (χ1v) is 7.34. The summed E-state index contributed by atoms with van der Waals surface area (Å²) >= 11 is 0. The number of aryl methyl sites for hydroxylation is 1. The van der Waals surface area contributed by atoms with Crippen molar-refractivity contribution in [3.63, 3.8) is 0 Å². The molecule has 1 aromatic heterocycles. The van der Waals surface area contributed by atoms with Gasteiger partial charge in [0, 0.05) is 13.1 Å². The summed E-state index contributed by atoms with van der Waals surface area (Å²) in [5, 5.41) is 7.28. The molecule has 1 aromatic rings. The van der Waals surface area contributed by atoms with E-state index in [1.807, 2.05) is 0 Å². The Hall–Kier alpha value is -1.52. The molecule has 3 unspecified atom stereocenters. The van der Waals surface area contributed by atoms with Gasteiger partial charge in [0.2, 0.25) is 0 Å². The topological polar surface area (TPSA) is 72.9 Å². The van der Waals surface area contributed by atoms with Gasteiger partial charge < -0.3 is 11.1 Å². The van der Waals surface area contributed by atoms with Gasteiger partial charge in [-0.25, -0.2) is 0 Å². The van der Waals surface area contributed by atoms with Crippen LogP contribution >= 0.6 is 0 Å². The van der Waals surface area contributed by atoms with Crippen LogP contribution in [0.1, 0.15) is 50.4 Å². The molecule has 0 saturated heterocycles. The van der Waals surface area contributed by atoms with E-state index in [9.17, 15) is 4.79 Å². The number of amides is 1. The maximum absolute atomic E-state index is 12.5. The van der Waals surface area contributed by atoms with Crippen molar-refractivity contribution in [1.29, 1.82) is 0 Å². The zero-order chi connectivity index (χ0) is 14.7. The molecule has 2 saturated carbocycles. The highest BCUT2D eigenvalue weighted by molar-refractivity contribution is 5.98. The van der Waals surface area contributed by atoms with Crippen LogP contribution in [0.5, 0.6) is 0 Å². The zero-order valence-corrected chi connectivity index (χ0v) is 12.7. The number of nitrogen functional groups attached to an aromatic ring is 1. The lowest BCUT2D eigenvalue weighted by atomic mass is 9.68. The number of nitrogens with one attached hydrogen (secondary N) is 1. The van der Waals surface area contributed by atoms with Crippen LogP contribution in [0.25, 0.3) is 0 Å². The number of anilines is 1. The number of hydrogen-bond donors (Lipinski definition) is 2. The van der Waals surface area contributed by atoms with Gasteiger partial charge in [0.05, 0.1) is 6.20 Å². The van der Waals surface area contributed by atoms with Crippen LogP contribution in [0.2, 0.25) is 0 Å². The zero-order valence-electron chi connectivity index (χ0n) is 12.7. The molecule has 0 aromatic carbocycles. The van der Waals surface area contributed by atoms with Crippen LogP contribution in [-0.2, 0) is 7.05 Å². The molecule has 3 N–H and O–H groups in total. The molecule has 0 radical (unpaired) electrons. The second-order valence-electron chi connectivity index (χ2n) is 7.39. The number of aromatic nitrogens is 2. The van der Waals surface area contributed by atoms with Gasteiger partial charge in [-0.15, -0.1) is 0 Å². The largest absolute Gasteiger partial charge is 0.383 e. The third-order valence-corrected chi connectivity index (χ3v) is 5.77. The average Bonchev–Trinajstić information content (AvgIpc) is 2.96. The lowest BCUT2D eigenvalue weighted by molar-refractivity contribution is 0.0738. The van der Waals surface area contributed by atoms with E-state index in [2.05, 4.69) is 31.2 Å². The number of nitrogens with two attached hydrogens (primary N) is 1. The lowest BCUT2D eigenvalue weighted by Gasteiger charge is -2.43. The van der Waals surface area contributed by atoms with Gasteiger partial charge in [-0.1, -0.05) is 20.8 Å². The minimum absolute atomic E-state index is 0.0950. The molecule has 5 heteroatoms. The minimum atomic E-state index is -0.0950. The van der Waals surface area contributed by atoms with Gasteiger partial charge in [-0.2, -0.15) is 5.10 Å². The van der Waals surface area contributed by atoms with Crippen LogP contribution in [0.15, 0.2) is 6.20 Å². The maximum atomic E-state index is 12.5. The van der Waals surface area contributed by atoms with E-state index < -0.39 is 0 Å². The predicted octanol–water partition coefficient (Wildman–Crippen LogP) is 1.95. The van der Waals surface area contributed by atoms with E-state index in [1.54, 1.807) is 13.2 Å². The Labute approximate surface area is 119 Å². The Balaban J connectivity index is 1.84. The summed E-state index contributed by atoms with van der Waals surface area (Å²) in [5.41, 5.74) is 6.75. The summed E-state index contributed by atoms with van der Waals surface area (Å²) in [4.78, 5) is 12.5. The molecule has 2 aliphatic carbocycles. The summed E-state index contributed by atoms with van der Waals surface area (Å²) in [6.45, 7) is 6.86. The molecule has 3 atom stereocenters. The fourth-order valence-electron chi connectivity index (χ4n) is 4.49. The number of nitrogens with zero attached hydrogens (tertiary/aromatic N) is 2. The van der Waals surface area contributed by atoms with Gasteiger partial charge in [0.1, 0.15) is 11.4 Å². The number of hydrogen-bond acceptors (Lipinski definition) is 3. The maximum Gasteiger partial charge on any atom is 0.256 e. The predicted molar refractivity (Wildman–Crippen MR) is 78.1 cm³/mol. The monoisotopic (exact) mass is 276 g/mol. The van der Waals surface area contributed by atoms with Crippen molar-refractivity contribution in [3.05, 3.63) is 11.8 Å². The Morgan fingerprint density at radius 3 is 2.70 bits per heavy atom. The second-order valence-corrected chi connectivity index (χ2v) is 7.39. The number of carbonyl (C=O) groups is 1. The van der Waals surface area contributed by atoms with Crippen molar-refractivity contribution in [3.8, 4) is 0 Å². The van der Waals surface area contributed by atoms with Gasteiger partial charge in [-0.05, 0) is 36.0 Å². The van der Waals surface area contributed by atoms with Crippen LogP contribution in [0.3, 0.4) is 0 Å². The van der Waals surface area contributed by atoms with Crippen molar-refractivity contribution in [2.75, 3.05) is 5.73 Å². The summed E-state index contributed by atoms with van der Waals surface area (Å²) in [6, 6.07) is 0.209. The molecule has 110 valence electrons. The standard InChI is InChI=1S/C15H24N4O/c1-14(2)9-5-6-15(3,7-9)13(14)18-12(20)10-8-17-19(4)11(10)16/h8-9,13H,5-7,16H2,1-4H3,(H,18,20). The molecule has 2 bridgehead atoms. The van der Waals surface area contributed by atoms with Crippen LogP contribution in [0.4, 0.5) is 5.82 Å². The van der Waals surface area contributed by atoms with Gasteiger partial charge in [0.15, 0.2) is 0 Å². The third kappa shape index (κ3) is 1.68. The molecule has 1 amide bonds. The normalized spacial score (nSPS) is 34.4. The quantitative estimate of drug-likeness (QED) is 0.867. The van der Waals surface area contributed by atoms with Crippen molar-refractivity contribution in [2.45, 2.75) is 46.1 Å². The number of rotatable bonds is 2. The van der Waals surface area contributed by atoms with E-state index in [1.165, 1.54) is 23.9 Å². The highest BCUT2D eigenvalue weighted by Crippen LogP contribution is 2.62. The first-order valence-electron chi connectivity index (χ1n) is 7.34. The van der Waals surface area contributed by atoms with E-state index in [-0.39, 0.29) is 22.8 Å². The summed E-state index contributed by atoms with van der Waals surface area (Å²) < 4.78 is 1.53. The first kappa shape index (κ1) is 13.5. The molecule has 5 nitrogen and oxygen atoms in total. The van der Waals surface area contributed by atoms with Gasteiger partial charge >= 0.3 is 0 Å². The second kappa shape index (κ2) is 3.99. The Morgan fingerprint density at radius 2 is 2.20 bits per heavy atom. The minimum Gasteiger partial charge on any atom is -0.383 e. The molecule has 3 rings (SSSR count). The molecule has 0 aliphatic heterocycles. The first-order chi connectivity index (χ1) is 9.25. The highest BCUT2D eigenvalue weighted by Gasteiger charge is 2.59. The fourth-order valence-corrected chi connectivity index (χ4v) is 4.49. The van der Waals surface area contributed by atoms with Gasteiger partial charge in [0.25, 0.3) is 5.91 Å². The molecular formula is C15H24N4O. The fraction of sp³-hybridized carbons (Fsp3) is 0.733. The van der Waals surface area contributed by atoms with Crippen LogP contribution in [-0.4, -0.2) is 21.7 Å². The molecule has 2 fully saturated rings. The Morgan fingerprint density at radius 1 is 1.50 bits per heavy atom. The van der Waals surface area contributed by atoms with E-state index >= 15 is 0 Å². The molecule has 0 spiro atoms. The number of fused-ring (bicyclic) bond motifs is 2. The number of carbonyl (C=O) groups excluding carboxylic acids is 1. The SMILES string of the molecule is Cn1ncc(C(=O)NC2C3(C)CCC(C3)C2(C)C)c1N. The van der Waals surface area contributed by atoms with Crippen LogP contribution < -0.4 is 11.1 Å². The van der Waals surface area contributed by atoms with E-state index in [0.29, 0.717) is 17.3 Å². The van der Waals surface area contributed by atoms with Crippen molar-refractivity contribution in [2.24, 2.45) is 23.8 Å². The van der Waals surface area contributed by atoms with Crippen molar-refractivity contribution >= 4 is 11.7 Å². The van der Waals surface area contributed by atoms with Crippen LogP contribution in [0, 0.1) is 16.7 Å². The van der Waals surface area contributed by atoms with Crippen molar-refractivity contribution in [1.82, 2.24) is 15.1 Å². The van der Waals surface area contributed by atoms with E-state index in [4.69, 9.17) is 5.73 Å². The van der Waals surface area contributed by atoms with Gasteiger partial charge in [-0.3, -0.25) is 9.48 Å². The third-order valence-electron chi connectivity index (χ3n) is 5.77. The molecule has 1 heterocycles. The van der Waals surface area contributed by atoms with E-state index in [0.717, 1.165) is 0 Å². The molecule has 20 heavy (non-hydrogen) atoms. The molecular weight excluding hydrogens is 252 g/mol. The summed E-state index contributed by atoms with van der Waals surface area (Å²) in [6.07, 6.45) is 5.25. The summed E-state index contributed by atoms with van der Waals surface area (Å²) in [5.74, 6) is 1.04. The molecule has 2 aliphatic rings. The summed E-state index contributed by atoms with van der Waals surface area (Å²) in [7, 11) is 1.74. The lowest BCUT2D eigenvalue weighted by Crippen LogP contribution is -2.52. The highest BCUT2D eigenvalue weighted by atomic mass is 16.1. The van der Waals surface area contributed by atoms with Crippen molar-refractivity contribution < 1.29 is 4.79 Å². The Kier molecular flexibility index (Phi) is 2.69. The smallest absolute Gasteiger partial charge is 0.256 e. The Bertz CT molecular complexity index is 557. The average molecular weight is 276 g/mol.